The van der Waals surface area contributed by atoms with Crippen molar-refractivity contribution in [2.75, 3.05) is 10.6 Å². The highest BCUT2D eigenvalue weighted by molar-refractivity contribution is 5.74. The number of hydrogen-bond acceptors (Lipinski definition) is 4. The maximum atomic E-state index is 12.7. The van der Waals surface area contributed by atoms with Crippen LogP contribution >= 0.6 is 0 Å². The second kappa shape index (κ2) is 6.54. The van der Waals surface area contributed by atoms with E-state index >= 15 is 0 Å². The van der Waals surface area contributed by atoms with Crippen molar-refractivity contribution >= 4 is 11.4 Å². The zero-order valence-electron chi connectivity index (χ0n) is 14.5. The summed E-state index contributed by atoms with van der Waals surface area (Å²) in [6.45, 7) is 7.89. The van der Waals surface area contributed by atoms with Gasteiger partial charge in [-0.05, 0) is 30.0 Å². The van der Waals surface area contributed by atoms with Crippen molar-refractivity contribution in [3.05, 3.63) is 55.8 Å². The van der Waals surface area contributed by atoms with Crippen LogP contribution in [0.4, 0.5) is 24.5 Å². The summed E-state index contributed by atoms with van der Waals surface area (Å²) < 4.78 is 38.2. The molecule has 1 atom stereocenters. The van der Waals surface area contributed by atoms with Crippen molar-refractivity contribution in [2.24, 2.45) is 5.41 Å². The number of rotatable bonds is 5. The number of alkyl halides is 3. The van der Waals surface area contributed by atoms with Crippen LogP contribution in [0.15, 0.2) is 33.9 Å². The molecule has 0 aliphatic rings. The average molecular weight is 354 g/mol. The minimum Gasteiger partial charge on any atom is -0.377 e. The molecule has 7 heteroatoms. The van der Waals surface area contributed by atoms with Crippen LogP contribution in [0.1, 0.15) is 38.8 Å². The Kier molecular flexibility index (Phi) is 4.97. The van der Waals surface area contributed by atoms with Crippen molar-refractivity contribution in [1.29, 1.82) is 0 Å². The van der Waals surface area contributed by atoms with E-state index in [1.54, 1.807) is 0 Å². The van der Waals surface area contributed by atoms with Gasteiger partial charge in [0, 0.05) is 12.6 Å². The molecule has 0 aliphatic carbocycles. The molecule has 0 spiro atoms. The summed E-state index contributed by atoms with van der Waals surface area (Å²) in [4.78, 5) is 23.5. The molecule has 2 N–H and O–H groups in total. The lowest BCUT2D eigenvalue weighted by Crippen LogP contribution is -2.41. The Balaban J connectivity index is 2.14. The molecule has 0 aromatic heterocycles. The Hall–Kier alpha value is -2.31. The smallest absolute Gasteiger partial charge is 0.377 e. The molecule has 0 saturated heterocycles. The van der Waals surface area contributed by atoms with Gasteiger partial charge in [-0.15, -0.1) is 0 Å². The van der Waals surface area contributed by atoms with Gasteiger partial charge in [0.1, 0.15) is 11.4 Å². The molecule has 136 valence electrons. The number of anilines is 2. The second-order valence-corrected chi connectivity index (χ2v) is 7.19. The summed E-state index contributed by atoms with van der Waals surface area (Å²) in [7, 11) is 0. The third-order valence-electron chi connectivity index (χ3n) is 4.29. The summed E-state index contributed by atoms with van der Waals surface area (Å²) in [5, 5.41) is 5.81. The van der Waals surface area contributed by atoms with Crippen LogP contribution in [-0.4, -0.2) is 6.04 Å². The number of nitrogens with one attached hydrogen (secondary N) is 2. The third-order valence-corrected chi connectivity index (χ3v) is 4.29. The molecule has 0 amide bonds. The lowest BCUT2D eigenvalue weighted by atomic mass is 9.87. The first-order valence-corrected chi connectivity index (χ1v) is 7.91. The lowest BCUT2D eigenvalue weighted by Gasteiger charge is -2.30. The van der Waals surface area contributed by atoms with Crippen LogP contribution in [0, 0.1) is 5.41 Å². The van der Waals surface area contributed by atoms with Gasteiger partial charge in [0.2, 0.25) is 0 Å². The van der Waals surface area contributed by atoms with Gasteiger partial charge in [-0.25, -0.2) is 0 Å². The molecule has 2 aromatic carbocycles. The molecule has 0 bridgehead atoms. The van der Waals surface area contributed by atoms with Crippen molar-refractivity contribution in [3.63, 3.8) is 0 Å². The molecular weight excluding hydrogens is 333 g/mol. The zero-order chi connectivity index (χ0) is 19.0. The van der Waals surface area contributed by atoms with E-state index in [1.165, 1.54) is 12.1 Å². The summed E-state index contributed by atoms with van der Waals surface area (Å²) >= 11 is 0. The van der Waals surface area contributed by atoms with E-state index in [0.717, 1.165) is 12.1 Å². The highest BCUT2D eigenvalue weighted by atomic mass is 19.4. The van der Waals surface area contributed by atoms with Gasteiger partial charge in [-0.1, -0.05) is 32.9 Å². The molecule has 0 fully saturated rings. The molecule has 2 rings (SSSR count). The lowest BCUT2D eigenvalue weighted by molar-refractivity contribution is -0.137. The molecular formula is C18H21F3N2O2. The summed E-state index contributed by atoms with van der Waals surface area (Å²) in [6, 6.07) is 4.77. The monoisotopic (exact) mass is 354 g/mol. The number of hydrogen-bond donors (Lipinski definition) is 2. The van der Waals surface area contributed by atoms with E-state index < -0.39 is 22.6 Å². The van der Waals surface area contributed by atoms with E-state index in [-0.39, 0.29) is 29.4 Å². The Bertz CT molecular complexity index is 828. The van der Waals surface area contributed by atoms with Crippen LogP contribution in [0.25, 0.3) is 0 Å². The fraction of sp³-hybridized carbons (Fsp3) is 0.444. The zero-order valence-corrected chi connectivity index (χ0v) is 14.5. The van der Waals surface area contributed by atoms with Crippen molar-refractivity contribution in [1.82, 2.24) is 0 Å². The molecule has 0 saturated carbocycles. The average Bonchev–Trinajstić information content (AvgIpc) is 2.51. The van der Waals surface area contributed by atoms with Crippen LogP contribution in [0.2, 0.25) is 0 Å². The Labute approximate surface area is 143 Å². The molecule has 0 unspecified atom stereocenters. The molecule has 0 radical (unpaired) electrons. The van der Waals surface area contributed by atoms with Crippen LogP contribution in [-0.2, 0) is 12.7 Å². The first-order chi connectivity index (χ1) is 11.4. The van der Waals surface area contributed by atoms with Gasteiger partial charge in [-0.2, -0.15) is 13.2 Å². The van der Waals surface area contributed by atoms with Gasteiger partial charge in [0.15, 0.2) is 0 Å². The predicted octanol–water partition coefficient (Wildman–Crippen LogP) is 3.76. The SMILES string of the molecule is C[C@@H](Nc1c(NCc2cccc(C(F)(F)F)c2)c(=O)c1=O)C(C)(C)C. The van der Waals surface area contributed by atoms with Gasteiger partial charge in [0.25, 0.3) is 10.9 Å². The fourth-order valence-electron chi connectivity index (χ4n) is 2.18. The van der Waals surface area contributed by atoms with Gasteiger partial charge in [0.05, 0.1) is 5.56 Å². The standard InChI is InChI=1S/C18H21F3N2O2/c1-10(17(2,3)4)23-14-13(15(24)16(14)25)22-9-11-6-5-7-12(8-11)18(19,20)21/h5-8,10,22-23H,9H2,1-4H3/t10-/m1/s1. The quantitative estimate of drug-likeness (QED) is 0.803. The fourth-order valence-corrected chi connectivity index (χ4v) is 2.18. The van der Waals surface area contributed by atoms with Gasteiger partial charge in [-0.3, -0.25) is 9.59 Å². The van der Waals surface area contributed by atoms with E-state index in [4.69, 9.17) is 0 Å². The largest absolute Gasteiger partial charge is 0.416 e. The van der Waals surface area contributed by atoms with Crippen molar-refractivity contribution in [3.8, 4) is 0 Å². The topological polar surface area (TPSA) is 58.2 Å². The molecule has 0 aliphatic heterocycles. The minimum atomic E-state index is -4.42. The van der Waals surface area contributed by atoms with Crippen LogP contribution in [0.5, 0.6) is 0 Å². The highest BCUT2D eigenvalue weighted by Gasteiger charge is 2.30. The second-order valence-electron chi connectivity index (χ2n) is 7.19. The van der Waals surface area contributed by atoms with Crippen molar-refractivity contribution < 1.29 is 13.2 Å². The highest BCUT2D eigenvalue weighted by Crippen LogP contribution is 2.30. The number of halogens is 3. The molecule has 2 aromatic rings. The third kappa shape index (κ3) is 4.21. The first kappa shape index (κ1) is 19.0. The summed E-state index contributed by atoms with van der Waals surface area (Å²) in [5.41, 5.74) is -1.46. The van der Waals surface area contributed by atoms with E-state index in [9.17, 15) is 22.8 Å². The predicted molar refractivity (Wildman–Crippen MR) is 92.7 cm³/mol. The van der Waals surface area contributed by atoms with Crippen LogP contribution < -0.4 is 21.5 Å². The maximum Gasteiger partial charge on any atom is 0.416 e. The van der Waals surface area contributed by atoms with Gasteiger partial charge < -0.3 is 10.6 Å². The van der Waals surface area contributed by atoms with Crippen molar-refractivity contribution in [2.45, 2.75) is 46.5 Å². The normalized spacial score (nSPS) is 13.7. The summed E-state index contributed by atoms with van der Waals surface area (Å²) in [6.07, 6.45) is -4.42. The molecule has 25 heavy (non-hydrogen) atoms. The molecule has 4 nitrogen and oxygen atoms in total. The number of benzene rings is 1. The minimum absolute atomic E-state index is 0.0212. The summed E-state index contributed by atoms with van der Waals surface area (Å²) in [5.74, 6) is 0. The van der Waals surface area contributed by atoms with Crippen LogP contribution in [0.3, 0.4) is 0 Å². The Morgan fingerprint density at radius 3 is 2.20 bits per heavy atom. The maximum absolute atomic E-state index is 12.7. The van der Waals surface area contributed by atoms with E-state index in [1.807, 2.05) is 27.7 Å². The van der Waals surface area contributed by atoms with Gasteiger partial charge >= 0.3 is 6.18 Å². The van der Waals surface area contributed by atoms with E-state index in [2.05, 4.69) is 10.6 Å². The Morgan fingerprint density at radius 2 is 1.64 bits per heavy atom. The molecule has 0 heterocycles. The Morgan fingerprint density at radius 1 is 1.04 bits per heavy atom. The first-order valence-electron chi connectivity index (χ1n) is 7.91. The van der Waals surface area contributed by atoms with E-state index in [0.29, 0.717) is 5.56 Å².